The Kier molecular flexibility index (Phi) is 4.24. The van der Waals surface area contributed by atoms with Crippen LogP contribution in [0, 0.1) is 0 Å². The predicted octanol–water partition coefficient (Wildman–Crippen LogP) is 7.05. The normalized spacial score (nSPS) is 11.7. The van der Waals surface area contributed by atoms with Gasteiger partial charge in [0.2, 0.25) is 0 Å². The summed E-state index contributed by atoms with van der Waals surface area (Å²) < 4.78 is 0. The third-order valence-electron chi connectivity index (χ3n) is 5.16. The summed E-state index contributed by atoms with van der Waals surface area (Å²) in [7, 11) is 0. The SMILES string of the molecule is CC(C)(C)c1cc(-c2ccccc2-c2ccc3ccccc3c2)ccc1N. The molecule has 134 valence electrons. The molecule has 4 rings (SSSR count). The van der Waals surface area contributed by atoms with E-state index in [0.717, 1.165) is 5.69 Å². The highest BCUT2D eigenvalue weighted by Crippen LogP contribution is 2.37. The molecule has 0 radical (unpaired) electrons. The molecular weight excluding hydrogens is 326 g/mol. The highest BCUT2D eigenvalue weighted by molar-refractivity contribution is 5.91. The van der Waals surface area contributed by atoms with Gasteiger partial charge in [-0.25, -0.2) is 0 Å². The fourth-order valence-electron chi connectivity index (χ4n) is 3.72. The van der Waals surface area contributed by atoms with Crippen LogP contribution in [0.3, 0.4) is 0 Å². The van der Waals surface area contributed by atoms with Crippen molar-refractivity contribution in [2.24, 2.45) is 0 Å². The van der Waals surface area contributed by atoms with Gasteiger partial charge in [-0.3, -0.25) is 0 Å². The van der Waals surface area contributed by atoms with Crippen LogP contribution in [0.15, 0.2) is 84.9 Å². The quantitative estimate of drug-likeness (QED) is 0.385. The second kappa shape index (κ2) is 6.59. The molecule has 0 unspecified atom stereocenters. The number of nitrogen functional groups attached to an aromatic ring is 1. The van der Waals surface area contributed by atoms with E-state index in [9.17, 15) is 0 Å². The minimum atomic E-state index is 0.0119. The Bertz CT molecular complexity index is 1120. The number of benzene rings is 4. The second-order valence-electron chi connectivity index (χ2n) is 8.16. The van der Waals surface area contributed by atoms with Crippen molar-refractivity contribution in [3.8, 4) is 22.3 Å². The van der Waals surface area contributed by atoms with Gasteiger partial charge >= 0.3 is 0 Å². The van der Waals surface area contributed by atoms with Gasteiger partial charge < -0.3 is 5.73 Å². The van der Waals surface area contributed by atoms with Crippen molar-refractivity contribution in [1.29, 1.82) is 0 Å². The van der Waals surface area contributed by atoms with Gasteiger partial charge in [0, 0.05) is 5.69 Å². The Balaban J connectivity index is 1.89. The van der Waals surface area contributed by atoms with Gasteiger partial charge in [-0.15, -0.1) is 0 Å². The smallest absolute Gasteiger partial charge is 0.0352 e. The molecule has 0 aromatic heterocycles. The number of anilines is 1. The Morgan fingerprint density at radius 1 is 0.593 bits per heavy atom. The number of rotatable bonds is 2. The molecule has 0 saturated heterocycles. The molecule has 4 aromatic rings. The largest absolute Gasteiger partial charge is 0.398 e. The Morgan fingerprint density at radius 3 is 1.81 bits per heavy atom. The first kappa shape index (κ1) is 17.4. The summed E-state index contributed by atoms with van der Waals surface area (Å²) in [6.45, 7) is 6.62. The second-order valence-corrected chi connectivity index (χ2v) is 8.16. The van der Waals surface area contributed by atoms with E-state index in [4.69, 9.17) is 5.73 Å². The predicted molar refractivity (Wildman–Crippen MR) is 118 cm³/mol. The highest BCUT2D eigenvalue weighted by Gasteiger charge is 2.18. The first-order chi connectivity index (χ1) is 12.9. The van der Waals surface area contributed by atoms with Crippen LogP contribution in [0.25, 0.3) is 33.0 Å². The van der Waals surface area contributed by atoms with E-state index >= 15 is 0 Å². The third kappa shape index (κ3) is 3.33. The van der Waals surface area contributed by atoms with Gasteiger partial charge in [0.1, 0.15) is 0 Å². The highest BCUT2D eigenvalue weighted by atomic mass is 14.6. The van der Waals surface area contributed by atoms with Gasteiger partial charge in [0.15, 0.2) is 0 Å². The van der Waals surface area contributed by atoms with Crippen molar-refractivity contribution in [1.82, 2.24) is 0 Å². The van der Waals surface area contributed by atoms with E-state index in [0.29, 0.717) is 0 Å². The van der Waals surface area contributed by atoms with E-state index in [1.165, 1.54) is 38.6 Å². The molecule has 0 fully saturated rings. The van der Waals surface area contributed by atoms with Gasteiger partial charge in [-0.1, -0.05) is 87.5 Å². The van der Waals surface area contributed by atoms with Crippen molar-refractivity contribution >= 4 is 16.5 Å². The maximum Gasteiger partial charge on any atom is 0.0352 e. The van der Waals surface area contributed by atoms with Crippen molar-refractivity contribution in [3.05, 3.63) is 90.5 Å². The van der Waals surface area contributed by atoms with Gasteiger partial charge in [-0.2, -0.15) is 0 Å². The molecule has 0 heterocycles. The fraction of sp³-hybridized carbons (Fsp3) is 0.154. The average molecular weight is 351 g/mol. The standard InChI is InChI=1S/C26H25N/c1-26(2,3)24-17-21(14-15-25(24)27)23-11-7-6-10-22(23)20-13-12-18-8-4-5-9-19(18)16-20/h4-17H,27H2,1-3H3. The van der Waals surface area contributed by atoms with Crippen LogP contribution in [0.4, 0.5) is 5.69 Å². The van der Waals surface area contributed by atoms with Crippen LogP contribution >= 0.6 is 0 Å². The maximum atomic E-state index is 6.27. The van der Waals surface area contributed by atoms with Crippen LogP contribution in [0.2, 0.25) is 0 Å². The lowest BCUT2D eigenvalue weighted by atomic mass is 9.83. The number of hydrogen-bond donors (Lipinski definition) is 1. The maximum absolute atomic E-state index is 6.27. The molecule has 0 aliphatic heterocycles. The van der Waals surface area contributed by atoms with Crippen molar-refractivity contribution in [2.45, 2.75) is 26.2 Å². The molecule has 27 heavy (non-hydrogen) atoms. The molecule has 1 heteroatoms. The van der Waals surface area contributed by atoms with E-state index in [1.54, 1.807) is 0 Å². The van der Waals surface area contributed by atoms with Crippen molar-refractivity contribution < 1.29 is 0 Å². The molecule has 0 spiro atoms. The number of fused-ring (bicyclic) bond motifs is 1. The van der Waals surface area contributed by atoms with Gasteiger partial charge in [0.25, 0.3) is 0 Å². The van der Waals surface area contributed by atoms with E-state index < -0.39 is 0 Å². The zero-order valence-electron chi connectivity index (χ0n) is 16.2. The van der Waals surface area contributed by atoms with Gasteiger partial charge in [-0.05, 0) is 62.2 Å². The zero-order chi connectivity index (χ0) is 19.0. The van der Waals surface area contributed by atoms with Crippen LogP contribution in [0.1, 0.15) is 26.3 Å². The molecule has 0 aliphatic carbocycles. The minimum absolute atomic E-state index is 0.0119. The topological polar surface area (TPSA) is 26.0 Å². The molecule has 0 aliphatic rings. The van der Waals surface area contributed by atoms with E-state index in [1.807, 2.05) is 6.07 Å². The molecule has 4 aromatic carbocycles. The molecule has 2 N–H and O–H groups in total. The van der Waals surface area contributed by atoms with Crippen LogP contribution in [0.5, 0.6) is 0 Å². The molecule has 0 bridgehead atoms. The van der Waals surface area contributed by atoms with Crippen LogP contribution < -0.4 is 5.73 Å². The number of nitrogens with two attached hydrogens (primary N) is 1. The lowest BCUT2D eigenvalue weighted by molar-refractivity contribution is 0.593. The molecular formula is C26H25N. The molecule has 0 atom stereocenters. The lowest BCUT2D eigenvalue weighted by Gasteiger charge is -2.22. The Labute approximate surface area is 161 Å². The summed E-state index contributed by atoms with van der Waals surface area (Å²) in [5, 5.41) is 2.53. The summed E-state index contributed by atoms with van der Waals surface area (Å²) in [5.74, 6) is 0. The van der Waals surface area contributed by atoms with Crippen LogP contribution in [-0.4, -0.2) is 0 Å². The Morgan fingerprint density at radius 2 is 1.15 bits per heavy atom. The van der Waals surface area contributed by atoms with Crippen LogP contribution in [-0.2, 0) is 5.41 Å². The fourth-order valence-corrected chi connectivity index (χ4v) is 3.72. The van der Waals surface area contributed by atoms with E-state index in [2.05, 4.69) is 99.6 Å². The molecule has 0 amide bonds. The zero-order valence-corrected chi connectivity index (χ0v) is 16.2. The van der Waals surface area contributed by atoms with Gasteiger partial charge in [0.05, 0.1) is 0 Å². The summed E-state index contributed by atoms with van der Waals surface area (Å²) in [6, 6.07) is 30.2. The summed E-state index contributed by atoms with van der Waals surface area (Å²) in [5.41, 5.74) is 13.2. The Hall–Kier alpha value is -3.06. The third-order valence-corrected chi connectivity index (χ3v) is 5.16. The monoisotopic (exact) mass is 351 g/mol. The lowest BCUT2D eigenvalue weighted by Crippen LogP contribution is -2.14. The summed E-state index contributed by atoms with van der Waals surface area (Å²) in [4.78, 5) is 0. The summed E-state index contributed by atoms with van der Waals surface area (Å²) >= 11 is 0. The minimum Gasteiger partial charge on any atom is -0.398 e. The average Bonchev–Trinajstić information content (AvgIpc) is 2.67. The van der Waals surface area contributed by atoms with Crippen molar-refractivity contribution in [2.75, 3.05) is 5.73 Å². The summed E-state index contributed by atoms with van der Waals surface area (Å²) in [6.07, 6.45) is 0. The number of hydrogen-bond acceptors (Lipinski definition) is 1. The molecule has 0 saturated carbocycles. The van der Waals surface area contributed by atoms with Crippen molar-refractivity contribution in [3.63, 3.8) is 0 Å². The first-order valence-electron chi connectivity index (χ1n) is 9.42. The first-order valence-corrected chi connectivity index (χ1v) is 9.42. The molecule has 1 nitrogen and oxygen atoms in total. The van der Waals surface area contributed by atoms with E-state index in [-0.39, 0.29) is 5.41 Å².